The molecule has 2 aromatic carbocycles. The minimum Gasteiger partial charge on any atom is -0.496 e. The molecule has 7 rings (SSSR count). The maximum Gasteiger partial charge on any atom is 0.242 e. The van der Waals surface area contributed by atoms with Crippen LogP contribution in [0, 0.1) is 18.8 Å². The number of aryl methyl sites for hydroxylation is 1. The lowest BCUT2D eigenvalue weighted by Crippen LogP contribution is -2.46. The zero-order valence-electron chi connectivity index (χ0n) is 38.9. The van der Waals surface area contributed by atoms with E-state index in [0.717, 1.165) is 47.5 Å². The number of nitrogens with zero attached hydrogens (tertiary/aromatic N) is 2. The van der Waals surface area contributed by atoms with Crippen molar-refractivity contribution in [2.75, 3.05) is 37.9 Å². The predicted molar refractivity (Wildman–Crippen MR) is 255 cm³/mol. The van der Waals surface area contributed by atoms with Gasteiger partial charge in [0, 0.05) is 66.7 Å². The fraction of sp³-hybridized carbons (Fsp3) is 0.500. The number of methoxy groups -OCH3 is 1. The van der Waals surface area contributed by atoms with E-state index in [2.05, 4.69) is 68.5 Å². The lowest BCUT2D eigenvalue weighted by molar-refractivity contribution is -0.136. The quantitative estimate of drug-likeness (QED) is 0.0503. The molecular weight excluding hydrogens is 849 g/mol. The standard InChI is InChI=1S/C17H19N3O2.C16H22N4O3.C15H25NO3S/c1-9(2)13-8-18-17(20-13)12-7-14(21)11-5-6-15(22-4)10(3)16(11)19-12;1-11(21)19-13-7-5-12(6-8-13)18-10-15(22)20-9-3-4-14(20)16(23)17-2;1-3-4-5-6-7-8-12-11-13(12)14(17)16-20(18,19)15(2)9-10-15/h5-9H,1-4H3,(H,18,20)(H,19,21);5-8,14,18H,3-4,9-10H2,1-2H3,(H,17,23)(H,19,21);7-8,12-13H,3-6,9-11H2,1-2H3,(H,16,17)/b;;8-7-. The number of nitrogens with one attached hydrogen (secondary N) is 6. The first-order chi connectivity index (χ1) is 30.9. The van der Waals surface area contributed by atoms with Gasteiger partial charge in [-0.3, -0.25) is 28.7 Å². The van der Waals surface area contributed by atoms with Gasteiger partial charge in [0.25, 0.3) is 0 Å². The van der Waals surface area contributed by atoms with Crippen molar-refractivity contribution in [2.45, 2.75) is 116 Å². The van der Waals surface area contributed by atoms with Crippen LogP contribution in [0.4, 0.5) is 11.4 Å². The van der Waals surface area contributed by atoms with Crippen molar-refractivity contribution in [1.82, 2.24) is 29.9 Å². The Morgan fingerprint density at radius 1 is 1.03 bits per heavy atom. The highest BCUT2D eigenvalue weighted by Gasteiger charge is 2.52. The van der Waals surface area contributed by atoms with Gasteiger partial charge in [-0.15, -0.1) is 0 Å². The summed E-state index contributed by atoms with van der Waals surface area (Å²) in [5.74, 6) is 1.21. The minimum atomic E-state index is -3.47. The maximum atomic E-state index is 12.4. The van der Waals surface area contributed by atoms with Crippen molar-refractivity contribution >= 4 is 55.9 Å². The summed E-state index contributed by atoms with van der Waals surface area (Å²) in [5, 5.41) is 8.97. The van der Waals surface area contributed by atoms with Crippen LogP contribution in [0.15, 0.2) is 65.6 Å². The number of amides is 4. The summed E-state index contributed by atoms with van der Waals surface area (Å²) in [7, 11) is -0.266. The largest absolute Gasteiger partial charge is 0.496 e. The SMILES string of the molecule is CCCCC/C=C\C1CC1C(=O)NS(=O)(=O)C1(C)CC1.CNC(=O)C1CCCN1C(=O)CNc1ccc(NC(C)=O)cc1.COc1ccc2c(=O)cc(-c3ncc(C(C)C)[nH]3)[nH]c2c1C. The molecule has 16 nitrogen and oxygen atoms in total. The predicted octanol–water partition coefficient (Wildman–Crippen LogP) is 6.91. The zero-order chi connectivity index (χ0) is 47.5. The lowest BCUT2D eigenvalue weighted by Gasteiger charge is -2.23. The Morgan fingerprint density at radius 3 is 2.35 bits per heavy atom. The Labute approximate surface area is 382 Å². The number of carbonyl (C=O) groups is 4. The van der Waals surface area contributed by atoms with Gasteiger partial charge in [-0.05, 0) is 107 Å². The first-order valence-corrected chi connectivity index (χ1v) is 24.0. The fourth-order valence-electron chi connectivity index (χ4n) is 7.50. The summed E-state index contributed by atoms with van der Waals surface area (Å²) in [6, 6.07) is 11.9. The van der Waals surface area contributed by atoms with E-state index >= 15 is 0 Å². The molecule has 4 amide bonds. The number of hydrogen-bond acceptors (Lipinski definition) is 10. The summed E-state index contributed by atoms with van der Waals surface area (Å²) in [6.45, 7) is 12.2. The molecule has 3 fully saturated rings. The van der Waals surface area contributed by atoms with Crippen LogP contribution in [0.1, 0.15) is 110 Å². The van der Waals surface area contributed by atoms with Crippen LogP contribution in [-0.4, -0.2) is 89.9 Å². The van der Waals surface area contributed by atoms with Crippen LogP contribution in [-0.2, 0) is 29.2 Å². The van der Waals surface area contributed by atoms with Gasteiger partial charge in [0.05, 0.1) is 29.6 Å². The second-order valence-corrected chi connectivity index (χ2v) is 19.7. The lowest BCUT2D eigenvalue weighted by atomic mass is 10.1. The number of H-pyrrole nitrogens is 2. The molecule has 2 aliphatic carbocycles. The third kappa shape index (κ3) is 13.3. The molecule has 65 heavy (non-hydrogen) atoms. The van der Waals surface area contributed by atoms with Crippen LogP contribution in [0.25, 0.3) is 22.4 Å². The molecule has 0 radical (unpaired) electrons. The molecule has 0 bridgehead atoms. The molecule has 3 heterocycles. The van der Waals surface area contributed by atoms with E-state index in [4.69, 9.17) is 4.74 Å². The number of benzene rings is 2. The number of allylic oxidation sites excluding steroid dienone is 2. The van der Waals surface area contributed by atoms with E-state index in [9.17, 15) is 32.4 Å². The van der Waals surface area contributed by atoms with E-state index in [1.807, 2.05) is 13.0 Å². The smallest absolute Gasteiger partial charge is 0.242 e. The number of aromatic amines is 2. The maximum absolute atomic E-state index is 12.4. The number of pyridine rings is 1. The highest BCUT2D eigenvalue weighted by atomic mass is 32.2. The Morgan fingerprint density at radius 2 is 1.74 bits per heavy atom. The molecule has 4 aromatic rings. The summed E-state index contributed by atoms with van der Waals surface area (Å²) in [5.41, 5.74) is 4.87. The average Bonchev–Trinajstić information content (AvgIpc) is 4.09. The molecule has 0 spiro atoms. The summed E-state index contributed by atoms with van der Waals surface area (Å²) < 4.78 is 30.8. The molecule has 17 heteroatoms. The molecule has 1 saturated heterocycles. The van der Waals surface area contributed by atoms with Crippen LogP contribution < -0.4 is 30.8 Å². The molecule has 2 saturated carbocycles. The number of likely N-dealkylation sites (tertiary alicyclic amines) is 1. The number of hydrogen-bond donors (Lipinski definition) is 6. The summed E-state index contributed by atoms with van der Waals surface area (Å²) in [4.78, 5) is 71.9. The third-order valence-electron chi connectivity index (χ3n) is 12.1. The number of imidazole rings is 1. The number of rotatable bonds is 16. The zero-order valence-corrected chi connectivity index (χ0v) is 39.7. The van der Waals surface area contributed by atoms with Gasteiger partial charge in [-0.25, -0.2) is 13.4 Å². The first kappa shape index (κ1) is 50.0. The number of fused-ring (bicyclic) bond motifs is 1. The van der Waals surface area contributed by atoms with E-state index in [1.54, 1.807) is 68.6 Å². The van der Waals surface area contributed by atoms with E-state index in [-0.39, 0.29) is 53.5 Å². The third-order valence-corrected chi connectivity index (χ3v) is 14.2. The van der Waals surface area contributed by atoms with E-state index in [0.29, 0.717) is 54.3 Å². The number of sulfonamides is 1. The normalized spacial score (nSPS) is 18.2. The molecular formula is C48H66N8O8S. The van der Waals surface area contributed by atoms with Gasteiger partial charge < -0.3 is 35.6 Å². The molecule has 2 aromatic heterocycles. The second-order valence-electron chi connectivity index (χ2n) is 17.5. The van der Waals surface area contributed by atoms with Crippen LogP contribution in [0.3, 0.4) is 0 Å². The van der Waals surface area contributed by atoms with Gasteiger partial charge in [-0.2, -0.15) is 0 Å². The van der Waals surface area contributed by atoms with Crippen molar-refractivity contribution < 1.29 is 32.3 Å². The number of anilines is 2. The molecule has 352 valence electrons. The monoisotopic (exact) mass is 914 g/mol. The Kier molecular flexibility index (Phi) is 17.2. The highest BCUT2D eigenvalue weighted by Crippen LogP contribution is 2.44. The average molecular weight is 915 g/mol. The minimum absolute atomic E-state index is 0.0306. The highest BCUT2D eigenvalue weighted by molar-refractivity contribution is 7.91. The number of ether oxygens (including phenoxy) is 1. The molecule has 6 N–H and O–H groups in total. The summed E-state index contributed by atoms with van der Waals surface area (Å²) in [6.07, 6.45) is 14.3. The summed E-state index contributed by atoms with van der Waals surface area (Å²) >= 11 is 0. The van der Waals surface area contributed by atoms with Crippen LogP contribution in [0.5, 0.6) is 5.75 Å². The molecule has 3 atom stereocenters. The van der Waals surface area contributed by atoms with Crippen molar-refractivity contribution in [3.8, 4) is 17.3 Å². The van der Waals surface area contributed by atoms with Crippen molar-refractivity contribution in [3.05, 3.63) is 82.3 Å². The van der Waals surface area contributed by atoms with Gasteiger partial charge in [0.1, 0.15) is 11.8 Å². The van der Waals surface area contributed by atoms with Gasteiger partial charge in [-0.1, -0.05) is 45.8 Å². The second kappa shape index (κ2) is 22.3. The van der Waals surface area contributed by atoms with Gasteiger partial charge in [0.2, 0.25) is 33.7 Å². The Bertz CT molecular complexity index is 2510. The Hall–Kier alpha value is -5.97. The first-order valence-electron chi connectivity index (χ1n) is 22.5. The van der Waals surface area contributed by atoms with E-state index < -0.39 is 14.8 Å². The number of carbonyl (C=O) groups excluding carboxylic acids is 4. The topological polar surface area (TPSA) is 225 Å². The van der Waals surface area contributed by atoms with Crippen molar-refractivity contribution in [2.24, 2.45) is 11.8 Å². The van der Waals surface area contributed by atoms with Crippen molar-refractivity contribution in [1.29, 1.82) is 0 Å². The van der Waals surface area contributed by atoms with Gasteiger partial charge in [0.15, 0.2) is 11.3 Å². The number of aromatic nitrogens is 3. The number of unbranched alkanes of at least 4 members (excludes halogenated alkanes) is 3. The van der Waals surface area contributed by atoms with Gasteiger partial charge >= 0.3 is 0 Å². The molecule has 3 unspecified atom stereocenters. The van der Waals surface area contributed by atoms with Crippen LogP contribution in [0.2, 0.25) is 0 Å². The van der Waals surface area contributed by atoms with Crippen molar-refractivity contribution in [3.63, 3.8) is 0 Å². The fourth-order valence-corrected chi connectivity index (χ4v) is 8.80. The molecule has 1 aliphatic heterocycles. The number of likely N-dealkylation sites (N-methyl/N-ethyl adjacent to an activating group) is 1. The Balaban J connectivity index is 0.000000184. The van der Waals surface area contributed by atoms with E-state index in [1.165, 1.54) is 26.2 Å². The molecule has 3 aliphatic rings. The van der Waals surface area contributed by atoms with Crippen LogP contribution >= 0.6 is 0 Å².